The molecular formula is C21H25ClO3. The minimum Gasteiger partial charge on any atom is -0.480 e. The van der Waals surface area contributed by atoms with Crippen molar-refractivity contribution in [3.63, 3.8) is 0 Å². The summed E-state index contributed by atoms with van der Waals surface area (Å²) in [7, 11) is 0. The molecule has 3 nitrogen and oxygen atoms in total. The Hall–Kier alpha value is -2.00. The van der Waals surface area contributed by atoms with Crippen molar-refractivity contribution in [3.8, 4) is 11.5 Å². The zero-order valence-electron chi connectivity index (χ0n) is 15.7. The van der Waals surface area contributed by atoms with Gasteiger partial charge in [0.1, 0.15) is 11.5 Å². The van der Waals surface area contributed by atoms with Crippen LogP contribution in [0.2, 0.25) is 5.02 Å². The first kappa shape index (κ1) is 19.3. The predicted octanol–water partition coefficient (Wildman–Crippen LogP) is 5.55. The predicted molar refractivity (Wildman–Crippen MR) is 102 cm³/mol. The number of carbonyl (C=O) groups excluding carboxylic acids is 1. The molecule has 0 radical (unpaired) electrons. The molecule has 0 spiro atoms. The summed E-state index contributed by atoms with van der Waals surface area (Å²) in [6, 6.07) is 9.50. The maximum absolute atomic E-state index is 12.3. The van der Waals surface area contributed by atoms with Gasteiger partial charge in [0, 0.05) is 5.56 Å². The van der Waals surface area contributed by atoms with Gasteiger partial charge in [-0.1, -0.05) is 56.1 Å². The minimum absolute atomic E-state index is 0.131. The molecule has 0 aromatic heterocycles. The molecule has 0 aliphatic rings. The average Bonchev–Trinajstić information content (AvgIpc) is 2.47. The Morgan fingerprint density at radius 3 is 2.32 bits per heavy atom. The van der Waals surface area contributed by atoms with E-state index in [1.165, 1.54) is 0 Å². The van der Waals surface area contributed by atoms with E-state index < -0.39 is 5.97 Å². The van der Waals surface area contributed by atoms with Crippen molar-refractivity contribution in [1.82, 2.24) is 0 Å². The van der Waals surface area contributed by atoms with Crippen LogP contribution in [0.5, 0.6) is 11.5 Å². The lowest BCUT2D eigenvalue weighted by Gasteiger charge is -2.24. The fraction of sp³-hybridized carbons (Fsp3) is 0.381. The first-order valence-electron chi connectivity index (χ1n) is 8.29. The number of esters is 1. The molecule has 25 heavy (non-hydrogen) atoms. The number of hydrogen-bond acceptors (Lipinski definition) is 3. The molecule has 0 aliphatic heterocycles. The molecule has 0 saturated carbocycles. The second-order valence-corrected chi connectivity index (χ2v) is 7.81. The smallest absolute Gasteiger partial charge is 0.349 e. The Labute approximate surface area is 154 Å². The van der Waals surface area contributed by atoms with Crippen LogP contribution < -0.4 is 9.47 Å². The molecule has 134 valence electrons. The number of benzene rings is 2. The fourth-order valence-electron chi connectivity index (χ4n) is 2.65. The van der Waals surface area contributed by atoms with E-state index in [9.17, 15) is 4.79 Å². The van der Waals surface area contributed by atoms with Crippen molar-refractivity contribution < 1.29 is 14.3 Å². The molecule has 0 aliphatic carbocycles. The van der Waals surface area contributed by atoms with Crippen LogP contribution in [0.3, 0.4) is 0 Å². The molecule has 0 unspecified atom stereocenters. The van der Waals surface area contributed by atoms with E-state index in [1.54, 1.807) is 12.1 Å². The van der Waals surface area contributed by atoms with Gasteiger partial charge >= 0.3 is 5.97 Å². The summed E-state index contributed by atoms with van der Waals surface area (Å²) in [6.45, 7) is 12.0. The van der Waals surface area contributed by atoms with Crippen LogP contribution >= 0.6 is 11.6 Å². The third-order valence-corrected chi connectivity index (χ3v) is 4.17. The van der Waals surface area contributed by atoms with Crippen LogP contribution in [0.25, 0.3) is 0 Å². The van der Waals surface area contributed by atoms with Gasteiger partial charge in [-0.2, -0.15) is 0 Å². The lowest BCUT2D eigenvalue weighted by atomic mass is 9.84. The van der Waals surface area contributed by atoms with Crippen LogP contribution in [0.15, 0.2) is 30.3 Å². The van der Waals surface area contributed by atoms with E-state index in [1.807, 2.05) is 32.9 Å². The van der Waals surface area contributed by atoms with Crippen molar-refractivity contribution in [2.45, 2.75) is 47.0 Å². The summed E-state index contributed by atoms with van der Waals surface area (Å²) >= 11 is 6.12. The van der Waals surface area contributed by atoms with Gasteiger partial charge in [0.25, 0.3) is 0 Å². The number of halogens is 1. The Balaban J connectivity index is 2.15. The quantitative estimate of drug-likeness (QED) is 0.530. The van der Waals surface area contributed by atoms with Crippen molar-refractivity contribution in [3.05, 3.63) is 57.6 Å². The van der Waals surface area contributed by atoms with Crippen LogP contribution in [-0.4, -0.2) is 12.6 Å². The molecule has 0 amide bonds. The third-order valence-electron chi connectivity index (χ3n) is 3.88. The van der Waals surface area contributed by atoms with Crippen molar-refractivity contribution in [2.75, 3.05) is 6.61 Å². The Bertz CT molecular complexity index is 788. The highest BCUT2D eigenvalue weighted by molar-refractivity contribution is 6.32. The summed E-state index contributed by atoms with van der Waals surface area (Å²) in [6.07, 6.45) is 0. The summed E-state index contributed by atoms with van der Waals surface area (Å²) < 4.78 is 11.1. The van der Waals surface area contributed by atoms with E-state index in [-0.39, 0.29) is 12.0 Å². The zero-order chi connectivity index (χ0) is 18.8. The molecule has 2 aromatic carbocycles. The Morgan fingerprint density at radius 1 is 1.04 bits per heavy atom. The summed E-state index contributed by atoms with van der Waals surface area (Å²) in [5.41, 5.74) is 3.99. The summed E-state index contributed by atoms with van der Waals surface area (Å²) in [5, 5.41) is 0.481. The first-order chi connectivity index (χ1) is 11.6. The number of hydrogen-bond donors (Lipinski definition) is 0. The number of carbonyl (C=O) groups is 1. The van der Waals surface area contributed by atoms with Crippen molar-refractivity contribution in [2.24, 2.45) is 0 Å². The lowest BCUT2D eigenvalue weighted by Crippen LogP contribution is -2.21. The molecule has 0 bridgehead atoms. The molecule has 2 aromatic rings. The Kier molecular flexibility index (Phi) is 5.79. The van der Waals surface area contributed by atoms with Crippen molar-refractivity contribution in [1.29, 1.82) is 0 Å². The summed E-state index contributed by atoms with van der Waals surface area (Å²) in [5.74, 6) is 0.636. The molecule has 4 heteroatoms. The van der Waals surface area contributed by atoms with E-state index in [0.29, 0.717) is 16.5 Å². The molecule has 0 N–H and O–H groups in total. The monoisotopic (exact) mass is 360 g/mol. The van der Waals surface area contributed by atoms with E-state index in [2.05, 4.69) is 26.8 Å². The number of ether oxygens (including phenoxy) is 2. The maximum Gasteiger partial charge on any atom is 0.349 e. The Morgan fingerprint density at radius 2 is 1.72 bits per heavy atom. The third kappa shape index (κ3) is 4.99. The highest BCUT2D eigenvalue weighted by atomic mass is 35.5. The molecular weight excluding hydrogens is 336 g/mol. The number of aryl methyl sites for hydroxylation is 3. The highest BCUT2D eigenvalue weighted by Crippen LogP contribution is 2.35. The lowest BCUT2D eigenvalue weighted by molar-refractivity contribution is -0.136. The van der Waals surface area contributed by atoms with Gasteiger partial charge in [0.2, 0.25) is 0 Å². The van der Waals surface area contributed by atoms with Gasteiger partial charge in [-0.25, -0.2) is 4.79 Å². The van der Waals surface area contributed by atoms with Gasteiger partial charge in [0.05, 0.1) is 5.02 Å². The van der Waals surface area contributed by atoms with E-state index in [0.717, 1.165) is 22.3 Å². The zero-order valence-corrected chi connectivity index (χ0v) is 16.5. The van der Waals surface area contributed by atoms with Gasteiger partial charge in [-0.3, -0.25) is 0 Å². The van der Waals surface area contributed by atoms with Gasteiger partial charge in [-0.05, 0) is 49.4 Å². The second-order valence-electron chi connectivity index (χ2n) is 7.41. The SMILES string of the molecule is Cc1ccc(OCC(=O)Oc2c(C)cc(C)cc2C(C)(C)C)c(Cl)c1. The van der Waals surface area contributed by atoms with E-state index in [4.69, 9.17) is 21.1 Å². The van der Waals surface area contributed by atoms with Crippen molar-refractivity contribution >= 4 is 17.6 Å². The average molecular weight is 361 g/mol. The molecule has 0 fully saturated rings. The van der Waals surface area contributed by atoms with Crippen LogP contribution in [0.1, 0.15) is 43.0 Å². The maximum atomic E-state index is 12.3. The van der Waals surface area contributed by atoms with Gasteiger partial charge in [-0.15, -0.1) is 0 Å². The highest BCUT2D eigenvalue weighted by Gasteiger charge is 2.23. The standard InChI is InChI=1S/C21H25ClO3/c1-13-7-8-18(17(22)11-13)24-12-19(23)25-20-15(3)9-14(2)10-16(20)21(4,5)6/h7-11H,12H2,1-6H3. The van der Waals surface area contributed by atoms with Crippen LogP contribution in [0, 0.1) is 20.8 Å². The van der Waals surface area contributed by atoms with Gasteiger partial charge in [0.15, 0.2) is 6.61 Å². The molecule has 2 rings (SSSR count). The van der Waals surface area contributed by atoms with E-state index >= 15 is 0 Å². The molecule has 0 atom stereocenters. The first-order valence-corrected chi connectivity index (χ1v) is 8.67. The normalized spacial score (nSPS) is 11.3. The van der Waals surface area contributed by atoms with Gasteiger partial charge < -0.3 is 9.47 Å². The molecule has 0 saturated heterocycles. The largest absolute Gasteiger partial charge is 0.480 e. The van der Waals surface area contributed by atoms with Crippen LogP contribution in [0.4, 0.5) is 0 Å². The summed E-state index contributed by atoms with van der Waals surface area (Å²) in [4.78, 5) is 12.3. The topological polar surface area (TPSA) is 35.5 Å². The van der Waals surface area contributed by atoms with Crippen LogP contribution in [-0.2, 0) is 10.2 Å². The fourth-order valence-corrected chi connectivity index (χ4v) is 2.94. The molecule has 0 heterocycles. The number of rotatable bonds is 4. The minimum atomic E-state index is -0.450. The second kappa shape index (κ2) is 7.49.